The Morgan fingerprint density at radius 1 is 1.33 bits per heavy atom. The minimum atomic E-state index is -0.512. The van der Waals surface area contributed by atoms with E-state index in [1.807, 2.05) is 6.07 Å². The number of primary amides is 1. The van der Waals surface area contributed by atoms with Gasteiger partial charge in [0, 0.05) is 12.0 Å². The van der Waals surface area contributed by atoms with Crippen LogP contribution in [0, 0.1) is 11.3 Å². The summed E-state index contributed by atoms with van der Waals surface area (Å²) in [5.41, 5.74) is 7.86. The molecule has 7 heteroatoms. The molecule has 1 aliphatic rings. The molecule has 2 aromatic rings. The van der Waals surface area contributed by atoms with Crippen molar-refractivity contribution in [1.29, 1.82) is 5.26 Å². The van der Waals surface area contributed by atoms with Crippen LogP contribution in [0.2, 0.25) is 0 Å². The predicted molar refractivity (Wildman–Crippen MR) is 91.1 cm³/mol. The van der Waals surface area contributed by atoms with Crippen LogP contribution >= 0.6 is 11.3 Å². The number of thiophene rings is 1. The molecule has 4 N–H and O–H groups in total. The molecule has 0 bridgehead atoms. The first-order chi connectivity index (χ1) is 11.5. The van der Waals surface area contributed by atoms with Crippen molar-refractivity contribution >= 4 is 28.2 Å². The third kappa shape index (κ3) is 3.02. The number of amides is 2. The van der Waals surface area contributed by atoms with Crippen molar-refractivity contribution in [3.05, 3.63) is 51.4 Å². The highest BCUT2D eigenvalue weighted by atomic mass is 32.1. The Hall–Kier alpha value is -2.69. The molecule has 0 fully saturated rings. The molecular weight excluding hydrogens is 324 g/mol. The van der Waals surface area contributed by atoms with Gasteiger partial charge in [-0.2, -0.15) is 5.26 Å². The molecule has 2 amide bonds. The maximum atomic E-state index is 12.4. The van der Waals surface area contributed by atoms with Crippen LogP contribution in [-0.4, -0.2) is 25.4 Å². The average Bonchev–Trinajstić information content (AvgIpc) is 2.91. The highest BCUT2D eigenvalue weighted by Gasteiger charge is 2.28. The van der Waals surface area contributed by atoms with Crippen molar-refractivity contribution in [1.82, 2.24) is 0 Å². The maximum absolute atomic E-state index is 12.4. The molecule has 0 saturated carbocycles. The molecule has 122 valence electrons. The molecule has 0 radical (unpaired) electrons. The van der Waals surface area contributed by atoms with Crippen molar-refractivity contribution in [3.8, 4) is 6.07 Å². The van der Waals surface area contributed by atoms with Gasteiger partial charge in [0.2, 0.25) is 0 Å². The standard InChI is InChI=1S/C17H16N4O2S/c1-21-7-6-12-13(9-21)24-17(14(12)15(19)22)20-16(23)11-4-2-10(8-18)3-5-11/h2-5H,6-7,9H2,1H3,(H2,19,22)(H,20,23)/p+1. The van der Waals surface area contributed by atoms with Gasteiger partial charge in [-0.05, 0) is 29.8 Å². The zero-order chi connectivity index (χ0) is 17.3. The van der Waals surface area contributed by atoms with Crippen LogP contribution < -0.4 is 16.0 Å². The fourth-order valence-corrected chi connectivity index (χ4v) is 4.20. The molecule has 24 heavy (non-hydrogen) atoms. The third-order valence-electron chi connectivity index (χ3n) is 4.10. The number of hydrogen-bond acceptors (Lipinski definition) is 4. The van der Waals surface area contributed by atoms with Gasteiger partial charge in [0.25, 0.3) is 11.8 Å². The van der Waals surface area contributed by atoms with E-state index < -0.39 is 5.91 Å². The lowest BCUT2D eigenvalue weighted by molar-refractivity contribution is -0.895. The third-order valence-corrected chi connectivity index (χ3v) is 5.25. The average molecular weight is 341 g/mol. The minimum absolute atomic E-state index is 0.318. The van der Waals surface area contributed by atoms with Gasteiger partial charge >= 0.3 is 0 Å². The number of likely N-dealkylation sites (N-methyl/N-ethyl adjacent to an activating group) is 1. The molecule has 1 atom stereocenters. The predicted octanol–water partition coefficient (Wildman–Crippen LogP) is 0.542. The molecule has 1 aliphatic heterocycles. The quantitative estimate of drug-likeness (QED) is 0.760. The van der Waals surface area contributed by atoms with E-state index in [1.54, 1.807) is 24.3 Å². The number of hydrogen-bond donors (Lipinski definition) is 3. The lowest BCUT2D eigenvalue weighted by Gasteiger charge is -2.19. The molecule has 0 saturated heterocycles. The molecule has 3 rings (SSSR count). The molecular formula is C17H17N4O2S+. The summed E-state index contributed by atoms with van der Waals surface area (Å²) >= 11 is 1.42. The van der Waals surface area contributed by atoms with E-state index in [2.05, 4.69) is 12.4 Å². The first-order valence-electron chi connectivity index (χ1n) is 7.56. The van der Waals surface area contributed by atoms with E-state index in [-0.39, 0.29) is 5.91 Å². The summed E-state index contributed by atoms with van der Waals surface area (Å²) in [5.74, 6) is -0.830. The number of rotatable bonds is 3. The summed E-state index contributed by atoms with van der Waals surface area (Å²) in [7, 11) is 2.10. The van der Waals surface area contributed by atoms with Gasteiger partial charge in [-0.15, -0.1) is 11.3 Å². The zero-order valence-corrected chi connectivity index (χ0v) is 14.0. The van der Waals surface area contributed by atoms with E-state index in [1.165, 1.54) is 16.2 Å². The van der Waals surface area contributed by atoms with Crippen LogP contribution in [0.25, 0.3) is 0 Å². The number of nitrogens with one attached hydrogen (secondary N) is 2. The molecule has 0 aliphatic carbocycles. The lowest BCUT2D eigenvalue weighted by Crippen LogP contribution is -3.08. The highest BCUT2D eigenvalue weighted by molar-refractivity contribution is 7.17. The lowest BCUT2D eigenvalue weighted by atomic mass is 10.0. The van der Waals surface area contributed by atoms with Crippen LogP contribution in [0.5, 0.6) is 0 Å². The molecule has 0 spiro atoms. The Balaban J connectivity index is 1.90. The number of quaternary nitrogens is 1. The molecule has 2 heterocycles. The van der Waals surface area contributed by atoms with E-state index in [9.17, 15) is 9.59 Å². The highest BCUT2D eigenvalue weighted by Crippen LogP contribution is 2.34. The van der Waals surface area contributed by atoms with Crippen LogP contribution in [0.3, 0.4) is 0 Å². The summed E-state index contributed by atoms with van der Waals surface area (Å²) in [5, 5.41) is 12.1. The fourth-order valence-electron chi connectivity index (χ4n) is 2.84. The van der Waals surface area contributed by atoms with E-state index in [4.69, 9.17) is 11.0 Å². The van der Waals surface area contributed by atoms with Gasteiger partial charge in [-0.3, -0.25) is 9.59 Å². The maximum Gasteiger partial charge on any atom is 0.256 e. The number of nitriles is 1. The van der Waals surface area contributed by atoms with E-state index in [0.717, 1.165) is 30.0 Å². The smallest absolute Gasteiger partial charge is 0.256 e. The second-order valence-corrected chi connectivity index (χ2v) is 6.95. The Bertz CT molecular complexity index is 849. The number of nitrogens with two attached hydrogens (primary N) is 1. The Morgan fingerprint density at radius 2 is 2.04 bits per heavy atom. The molecule has 1 aromatic carbocycles. The summed E-state index contributed by atoms with van der Waals surface area (Å²) in [4.78, 5) is 26.8. The number of carbonyl (C=O) groups is 2. The van der Waals surface area contributed by atoms with Crippen LogP contribution in [0.4, 0.5) is 5.00 Å². The summed E-state index contributed by atoms with van der Waals surface area (Å²) in [6, 6.07) is 8.35. The van der Waals surface area contributed by atoms with Crippen molar-refractivity contribution in [3.63, 3.8) is 0 Å². The van der Waals surface area contributed by atoms with E-state index in [0.29, 0.717) is 21.7 Å². The molecule has 1 aromatic heterocycles. The second-order valence-electron chi connectivity index (χ2n) is 5.85. The molecule has 1 unspecified atom stereocenters. The number of carbonyl (C=O) groups excluding carboxylic acids is 2. The minimum Gasteiger partial charge on any atom is -0.365 e. The van der Waals surface area contributed by atoms with Crippen LogP contribution in [0.15, 0.2) is 24.3 Å². The van der Waals surface area contributed by atoms with Gasteiger partial charge in [0.15, 0.2) is 0 Å². The SMILES string of the molecule is C[NH+]1CCc2c(sc(NC(=O)c3ccc(C#N)cc3)c2C(N)=O)C1. The van der Waals surface area contributed by atoms with Gasteiger partial charge in [-0.25, -0.2) is 0 Å². The van der Waals surface area contributed by atoms with Crippen molar-refractivity contribution < 1.29 is 14.5 Å². The number of benzene rings is 1. The summed E-state index contributed by atoms with van der Waals surface area (Å²) in [6.07, 6.45) is 0.780. The van der Waals surface area contributed by atoms with Gasteiger partial charge in [0.1, 0.15) is 11.5 Å². The van der Waals surface area contributed by atoms with Crippen molar-refractivity contribution in [2.24, 2.45) is 5.73 Å². The summed E-state index contributed by atoms with van der Waals surface area (Å²) < 4.78 is 0. The van der Waals surface area contributed by atoms with Crippen LogP contribution in [-0.2, 0) is 13.0 Å². The zero-order valence-electron chi connectivity index (χ0n) is 13.2. The topological polar surface area (TPSA) is 100 Å². The normalized spacial score (nSPS) is 16.1. The van der Waals surface area contributed by atoms with E-state index >= 15 is 0 Å². The Kier molecular flexibility index (Phi) is 4.34. The number of nitrogens with zero attached hydrogens (tertiary/aromatic N) is 1. The van der Waals surface area contributed by atoms with Gasteiger partial charge < -0.3 is 16.0 Å². The molecule has 6 nitrogen and oxygen atoms in total. The fraction of sp³-hybridized carbons (Fsp3) is 0.235. The second kappa shape index (κ2) is 6.43. The monoisotopic (exact) mass is 341 g/mol. The Labute approximate surface area is 143 Å². The van der Waals surface area contributed by atoms with Crippen molar-refractivity contribution in [2.75, 3.05) is 18.9 Å². The van der Waals surface area contributed by atoms with Crippen LogP contribution in [0.1, 0.15) is 36.7 Å². The first kappa shape index (κ1) is 16.2. The largest absolute Gasteiger partial charge is 0.365 e. The van der Waals surface area contributed by atoms with Gasteiger partial charge in [-0.1, -0.05) is 0 Å². The number of fused-ring (bicyclic) bond motifs is 1. The summed E-state index contributed by atoms with van der Waals surface area (Å²) in [6.45, 7) is 1.76. The van der Waals surface area contributed by atoms with Gasteiger partial charge in [0.05, 0.1) is 35.7 Å². The van der Waals surface area contributed by atoms with Crippen molar-refractivity contribution in [2.45, 2.75) is 13.0 Å². The Morgan fingerprint density at radius 3 is 2.67 bits per heavy atom. The first-order valence-corrected chi connectivity index (χ1v) is 8.38. The number of anilines is 1.